The van der Waals surface area contributed by atoms with Crippen LogP contribution in [0.2, 0.25) is 5.02 Å². The lowest BCUT2D eigenvalue weighted by molar-refractivity contribution is 0.0947. The van der Waals surface area contributed by atoms with E-state index in [1.54, 1.807) is 24.3 Å². The molecule has 0 atom stereocenters. The van der Waals surface area contributed by atoms with Gasteiger partial charge in [-0.15, -0.1) is 0 Å². The molecule has 0 saturated heterocycles. The average Bonchev–Trinajstić information content (AvgIpc) is 2.42. The summed E-state index contributed by atoms with van der Waals surface area (Å²) in [7, 11) is 0. The molecule has 0 aliphatic carbocycles. The second kappa shape index (κ2) is 7.14. The first kappa shape index (κ1) is 15.4. The maximum atomic E-state index is 11.9. The minimum absolute atomic E-state index is 0.151. The van der Waals surface area contributed by atoms with Crippen LogP contribution in [0.3, 0.4) is 0 Å². The van der Waals surface area contributed by atoms with Crippen LogP contribution in [0.15, 0.2) is 42.5 Å². The fourth-order valence-electron chi connectivity index (χ4n) is 2.08. The number of halogens is 1. The Kier molecular flexibility index (Phi) is 5.23. The number of ether oxygens (including phenoxy) is 1. The molecule has 110 valence electrons. The highest BCUT2D eigenvalue weighted by atomic mass is 35.5. The Hall–Kier alpha value is -2.00. The topological polar surface area (TPSA) is 38.3 Å². The lowest BCUT2D eigenvalue weighted by Gasteiger charge is -2.09. The van der Waals surface area contributed by atoms with E-state index in [4.69, 9.17) is 16.3 Å². The van der Waals surface area contributed by atoms with Crippen molar-refractivity contribution < 1.29 is 9.53 Å². The molecule has 21 heavy (non-hydrogen) atoms. The van der Waals surface area contributed by atoms with Crippen molar-refractivity contribution in [3.8, 4) is 5.75 Å². The first-order valence-electron chi connectivity index (χ1n) is 6.79. The van der Waals surface area contributed by atoms with Gasteiger partial charge in [0, 0.05) is 10.6 Å². The Balaban J connectivity index is 1.80. The quantitative estimate of drug-likeness (QED) is 0.854. The van der Waals surface area contributed by atoms with Crippen molar-refractivity contribution in [1.82, 2.24) is 5.32 Å². The van der Waals surface area contributed by atoms with Crippen LogP contribution >= 0.6 is 11.6 Å². The fraction of sp³-hybridized carbons (Fsp3) is 0.235. The summed E-state index contributed by atoms with van der Waals surface area (Å²) in [6, 6.07) is 12.9. The third-order valence-electron chi connectivity index (χ3n) is 2.94. The third-order valence-corrected chi connectivity index (χ3v) is 3.17. The largest absolute Gasteiger partial charge is 0.492 e. The predicted molar refractivity (Wildman–Crippen MR) is 85.2 cm³/mol. The molecule has 0 heterocycles. The van der Waals surface area contributed by atoms with E-state index in [-0.39, 0.29) is 5.91 Å². The summed E-state index contributed by atoms with van der Waals surface area (Å²) in [6.07, 6.45) is 0. The normalized spacial score (nSPS) is 10.2. The Bertz CT molecular complexity index is 620. The van der Waals surface area contributed by atoms with E-state index in [0.29, 0.717) is 23.7 Å². The van der Waals surface area contributed by atoms with Crippen LogP contribution in [-0.4, -0.2) is 19.1 Å². The van der Waals surface area contributed by atoms with Gasteiger partial charge in [0.1, 0.15) is 12.4 Å². The lowest BCUT2D eigenvalue weighted by atomic mass is 10.1. The van der Waals surface area contributed by atoms with E-state index in [9.17, 15) is 4.79 Å². The van der Waals surface area contributed by atoms with Gasteiger partial charge in [0.25, 0.3) is 5.91 Å². The van der Waals surface area contributed by atoms with Crippen molar-refractivity contribution in [1.29, 1.82) is 0 Å². The zero-order chi connectivity index (χ0) is 15.2. The van der Waals surface area contributed by atoms with Crippen molar-refractivity contribution in [2.45, 2.75) is 13.8 Å². The molecule has 0 radical (unpaired) electrons. The molecule has 2 aromatic carbocycles. The van der Waals surface area contributed by atoms with Gasteiger partial charge in [-0.1, -0.05) is 23.7 Å². The van der Waals surface area contributed by atoms with Gasteiger partial charge in [0.2, 0.25) is 0 Å². The third kappa shape index (κ3) is 4.80. The van der Waals surface area contributed by atoms with Crippen LogP contribution in [0.25, 0.3) is 0 Å². The average molecular weight is 304 g/mol. The molecule has 0 bridgehead atoms. The Labute approximate surface area is 129 Å². The van der Waals surface area contributed by atoms with Crippen molar-refractivity contribution in [2.75, 3.05) is 13.2 Å². The number of carbonyl (C=O) groups is 1. The first-order valence-corrected chi connectivity index (χ1v) is 7.17. The number of amides is 1. The van der Waals surface area contributed by atoms with E-state index < -0.39 is 0 Å². The molecule has 0 unspecified atom stereocenters. The number of nitrogens with one attached hydrogen (secondary N) is 1. The van der Waals surface area contributed by atoms with Gasteiger partial charge in [0.15, 0.2) is 0 Å². The summed E-state index contributed by atoms with van der Waals surface area (Å²) >= 11 is 5.86. The molecule has 1 N–H and O–H groups in total. The van der Waals surface area contributed by atoms with Crippen LogP contribution in [0, 0.1) is 13.8 Å². The van der Waals surface area contributed by atoms with E-state index in [0.717, 1.165) is 16.9 Å². The van der Waals surface area contributed by atoms with E-state index in [1.807, 2.05) is 26.0 Å². The Morgan fingerprint density at radius 2 is 1.86 bits per heavy atom. The number of rotatable bonds is 5. The molecule has 0 spiro atoms. The number of hydrogen-bond donors (Lipinski definition) is 1. The van der Waals surface area contributed by atoms with Gasteiger partial charge in [-0.3, -0.25) is 4.79 Å². The highest BCUT2D eigenvalue weighted by Crippen LogP contribution is 2.16. The minimum atomic E-state index is -0.151. The van der Waals surface area contributed by atoms with Crippen molar-refractivity contribution >= 4 is 17.5 Å². The minimum Gasteiger partial charge on any atom is -0.492 e. The standard InChI is InChI=1S/C17H18ClNO2/c1-12-8-13(2)10-16(9-12)21-7-6-19-17(20)14-4-3-5-15(18)11-14/h3-5,8-11H,6-7H2,1-2H3,(H,19,20). The molecular weight excluding hydrogens is 286 g/mol. The zero-order valence-corrected chi connectivity index (χ0v) is 12.9. The maximum absolute atomic E-state index is 11.9. The zero-order valence-electron chi connectivity index (χ0n) is 12.2. The molecule has 0 saturated carbocycles. The maximum Gasteiger partial charge on any atom is 0.251 e. The van der Waals surface area contributed by atoms with Crippen LogP contribution in [-0.2, 0) is 0 Å². The summed E-state index contributed by atoms with van der Waals surface area (Å²) in [5.74, 6) is 0.672. The van der Waals surface area contributed by atoms with Crippen LogP contribution in [0.4, 0.5) is 0 Å². The number of hydrogen-bond acceptors (Lipinski definition) is 2. The Morgan fingerprint density at radius 1 is 1.14 bits per heavy atom. The van der Waals surface area contributed by atoms with E-state index in [2.05, 4.69) is 11.4 Å². The molecule has 0 fully saturated rings. The summed E-state index contributed by atoms with van der Waals surface area (Å²) in [4.78, 5) is 11.9. The van der Waals surface area contributed by atoms with Crippen LogP contribution < -0.4 is 10.1 Å². The monoisotopic (exact) mass is 303 g/mol. The molecule has 2 aromatic rings. The lowest BCUT2D eigenvalue weighted by Crippen LogP contribution is -2.28. The molecule has 2 rings (SSSR count). The van der Waals surface area contributed by atoms with Gasteiger partial charge >= 0.3 is 0 Å². The smallest absolute Gasteiger partial charge is 0.251 e. The molecule has 3 nitrogen and oxygen atoms in total. The number of aryl methyl sites for hydroxylation is 2. The molecule has 1 amide bonds. The molecule has 4 heteroatoms. The van der Waals surface area contributed by atoms with Gasteiger partial charge in [0.05, 0.1) is 6.54 Å². The molecule has 0 aliphatic rings. The summed E-state index contributed by atoms with van der Waals surface area (Å²) < 4.78 is 5.64. The van der Waals surface area contributed by atoms with Crippen molar-refractivity contribution in [3.05, 3.63) is 64.2 Å². The van der Waals surface area contributed by atoms with Crippen LogP contribution in [0.5, 0.6) is 5.75 Å². The molecular formula is C17H18ClNO2. The highest BCUT2D eigenvalue weighted by molar-refractivity contribution is 6.30. The predicted octanol–water partition coefficient (Wildman–Crippen LogP) is 3.77. The Morgan fingerprint density at radius 3 is 2.52 bits per heavy atom. The number of carbonyl (C=O) groups excluding carboxylic acids is 1. The van der Waals surface area contributed by atoms with Crippen molar-refractivity contribution in [2.24, 2.45) is 0 Å². The summed E-state index contributed by atoms with van der Waals surface area (Å²) in [5, 5.41) is 3.35. The van der Waals surface area contributed by atoms with Gasteiger partial charge in [-0.05, 0) is 55.3 Å². The van der Waals surface area contributed by atoms with E-state index in [1.165, 1.54) is 0 Å². The van der Waals surface area contributed by atoms with Gasteiger partial charge in [-0.25, -0.2) is 0 Å². The summed E-state index contributed by atoms with van der Waals surface area (Å²) in [6.45, 7) is 4.93. The second-order valence-corrected chi connectivity index (χ2v) is 5.37. The molecule has 0 aromatic heterocycles. The van der Waals surface area contributed by atoms with Crippen LogP contribution in [0.1, 0.15) is 21.5 Å². The van der Waals surface area contributed by atoms with Gasteiger partial charge < -0.3 is 10.1 Å². The first-order chi connectivity index (χ1) is 10.0. The van der Waals surface area contributed by atoms with Gasteiger partial charge in [-0.2, -0.15) is 0 Å². The van der Waals surface area contributed by atoms with Crippen molar-refractivity contribution in [3.63, 3.8) is 0 Å². The fourth-order valence-corrected chi connectivity index (χ4v) is 2.27. The molecule has 0 aliphatic heterocycles. The highest BCUT2D eigenvalue weighted by Gasteiger charge is 2.05. The SMILES string of the molecule is Cc1cc(C)cc(OCCNC(=O)c2cccc(Cl)c2)c1. The second-order valence-electron chi connectivity index (χ2n) is 4.94. The van der Waals surface area contributed by atoms with E-state index >= 15 is 0 Å². The number of benzene rings is 2. The summed E-state index contributed by atoms with van der Waals surface area (Å²) in [5.41, 5.74) is 2.87.